The molecule has 0 fully saturated rings. The number of carbonyl (C=O) groups is 3. The van der Waals surface area contributed by atoms with Crippen LogP contribution in [0, 0.1) is 0 Å². The molecule has 3 N–H and O–H groups in total. The number of rotatable bonds is 7. The van der Waals surface area contributed by atoms with Gasteiger partial charge in [-0.25, -0.2) is 0 Å². The summed E-state index contributed by atoms with van der Waals surface area (Å²) in [6, 6.07) is 6.40. The molecule has 8 heteroatoms. The van der Waals surface area contributed by atoms with Crippen molar-refractivity contribution in [2.75, 3.05) is 32.6 Å². The summed E-state index contributed by atoms with van der Waals surface area (Å²) in [5, 5.41) is 8.03. The van der Waals surface area contributed by atoms with E-state index in [1.54, 1.807) is 31.3 Å². The Kier molecular flexibility index (Phi) is 9.56. The van der Waals surface area contributed by atoms with Crippen LogP contribution in [0.2, 0.25) is 0 Å². The number of nitrogens with one attached hydrogen (secondary N) is 3. The lowest BCUT2D eigenvalue weighted by Gasteiger charge is -2.07. The van der Waals surface area contributed by atoms with E-state index in [0.717, 1.165) is 0 Å². The second kappa shape index (κ2) is 10.6. The number of carbonyl (C=O) groups excluding carboxylic acids is 3. The summed E-state index contributed by atoms with van der Waals surface area (Å²) < 4.78 is 4.43. The zero-order valence-corrected chi connectivity index (χ0v) is 13.3. The van der Waals surface area contributed by atoms with E-state index in [2.05, 4.69) is 20.7 Å². The molecule has 2 amide bonds. The molecule has 0 atom stereocenters. The molecule has 0 bridgehead atoms. The highest BCUT2D eigenvalue weighted by Gasteiger charge is 2.08. The molecule has 1 aromatic carbocycles. The first-order valence-electron chi connectivity index (χ1n) is 6.46. The molecule has 22 heavy (non-hydrogen) atoms. The maximum absolute atomic E-state index is 11.7. The fourth-order valence-electron chi connectivity index (χ4n) is 1.49. The van der Waals surface area contributed by atoms with Crippen LogP contribution >= 0.6 is 12.4 Å². The van der Waals surface area contributed by atoms with Crippen molar-refractivity contribution in [2.24, 2.45) is 0 Å². The van der Waals surface area contributed by atoms with Crippen molar-refractivity contribution in [3.8, 4) is 0 Å². The topological polar surface area (TPSA) is 96.5 Å². The highest BCUT2D eigenvalue weighted by Crippen LogP contribution is 2.09. The maximum atomic E-state index is 11.7. The lowest BCUT2D eigenvalue weighted by atomic mass is 10.2. The molecule has 122 valence electrons. The number of methoxy groups -OCH3 is 1. The monoisotopic (exact) mass is 329 g/mol. The van der Waals surface area contributed by atoms with Gasteiger partial charge in [0.25, 0.3) is 5.91 Å². The van der Waals surface area contributed by atoms with Gasteiger partial charge < -0.3 is 20.7 Å². The molecule has 0 spiro atoms. The van der Waals surface area contributed by atoms with Gasteiger partial charge in [0.15, 0.2) is 0 Å². The third-order valence-corrected chi connectivity index (χ3v) is 2.65. The number of esters is 1. The van der Waals surface area contributed by atoms with Crippen LogP contribution < -0.4 is 16.0 Å². The smallest absolute Gasteiger partial charge is 0.325 e. The van der Waals surface area contributed by atoms with Crippen molar-refractivity contribution in [1.29, 1.82) is 0 Å². The molecule has 0 unspecified atom stereocenters. The van der Waals surface area contributed by atoms with Crippen LogP contribution in [0.25, 0.3) is 0 Å². The van der Waals surface area contributed by atoms with Crippen LogP contribution in [0.4, 0.5) is 5.69 Å². The molecule has 0 aliphatic rings. The first kappa shape index (κ1) is 19.9. The Bertz CT molecular complexity index is 505. The van der Waals surface area contributed by atoms with Gasteiger partial charge in [0.2, 0.25) is 5.91 Å². The summed E-state index contributed by atoms with van der Waals surface area (Å²) in [7, 11) is 3.02. The van der Waals surface area contributed by atoms with Crippen LogP contribution in [-0.2, 0) is 14.3 Å². The molecule has 0 radical (unpaired) electrons. The third-order valence-electron chi connectivity index (χ3n) is 2.65. The van der Waals surface area contributed by atoms with Gasteiger partial charge in [0, 0.05) is 24.2 Å². The number of amides is 2. The summed E-state index contributed by atoms with van der Waals surface area (Å²) in [6.07, 6.45) is 0.373. The lowest BCUT2D eigenvalue weighted by Crippen LogP contribution is -2.30. The van der Waals surface area contributed by atoms with Crippen molar-refractivity contribution in [3.05, 3.63) is 29.8 Å². The van der Waals surface area contributed by atoms with Crippen LogP contribution in [0.5, 0.6) is 0 Å². The highest BCUT2D eigenvalue weighted by atomic mass is 35.5. The summed E-state index contributed by atoms with van der Waals surface area (Å²) >= 11 is 0. The third kappa shape index (κ3) is 7.05. The second-order valence-corrected chi connectivity index (χ2v) is 4.24. The quantitative estimate of drug-likeness (QED) is 0.635. The van der Waals surface area contributed by atoms with Crippen molar-refractivity contribution < 1.29 is 19.1 Å². The van der Waals surface area contributed by atoms with Gasteiger partial charge in [0.05, 0.1) is 7.11 Å². The molecular weight excluding hydrogens is 310 g/mol. The number of hydrogen-bond donors (Lipinski definition) is 3. The van der Waals surface area contributed by atoms with Gasteiger partial charge in [-0.05, 0) is 31.3 Å². The number of ether oxygens (including phenoxy) is 1. The molecule has 0 aliphatic carbocycles. The Morgan fingerprint density at radius 1 is 1.14 bits per heavy atom. The molecule has 0 heterocycles. The number of anilines is 1. The van der Waals surface area contributed by atoms with E-state index in [-0.39, 0.29) is 30.8 Å². The minimum atomic E-state index is -0.517. The van der Waals surface area contributed by atoms with Crippen LogP contribution in [-0.4, -0.2) is 45.0 Å². The zero-order valence-electron chi connectivity index (χ0n) is 12.5. The standard InChI is InChI=1S/C14H19N3O4.ClH/c1-15-8-7-12(18)17-11-5-3-10(4-6-11)14(20)16-9-13(19)21-2;/h3-6,15H,7-9H2,1-2H3,(H,16,20)(H,17,18);1H. The Morgan fingerprint density at radius 3 is 2.32 bits per heavy atom. The number of halogens is 1. The SMILES string of the molecule is CNCCC(=O)Nc1ccc(C(=O)NCC(=O)OC)cc1.Cl. The zero-order chi connectivity index (χ0) is 15.7. The van der Waals surface area contributed by atoms with Crippen molar-refractivity contribution >= 4 is 35.9 Å². The summed E-state index contributed by atoms with van der Waals surface area (Å²) in [4.78, 5) is 34.2. The fraction of sp³-hybridized carbons (Fsp3) is 0.357. The predicted molar refractivity (Wildman–Crippen MR) is 85.2 cm³/mol. The van der Waals surface area contributed by atoms with E-state index in [9.17, 15) is 14.4 Å². The van der Waals surface area contributed by atoms with Crippen LogP contribution in [0.15, 0.2) is 24.3 Å². The largest absolute Gasteiger partial charge is 0.468 e. The maximum Gasteiger partial charge on any atom is 0.325 e. The molecule has 0 aromatic heterocycles. The molecule has 0 saturated heterocycles. The van der Waals surface area contributed by atoms with Gasteiger partial charge in [-0.2, -0.15) is 0 Å². The number of hydrogen-bond acceptors (Lipinski definition) is 5. The average molecular weight is 330 g/mol. The lowest BCUT2D eigenvalue weighted by molar-refractivity contribution is -0.139. The molecule has 0 saturated carbocycles. The summed E-state index contributed by atoms with van der Waals surface area (Å²) in [5.41, 5.74) is 1.01. The molecule has 7 nitrogen and oxygen atoms in total. The van der Waals surface area contributed by atoms with Gasteiger partial charge in [-0.15, -0.1) is 12.4 Å². The second-order valence-electron chi connectivity index (χ2n) is 4.24. The van der Waals surface area contributed by atoms with Crippen LogP contribution in [0.1, 0.15) is 16.8 Å². The normalized spacial score (nSPS) is 9.36. The first-order valence-corrected chi connectivity index (χ1v) is 6.46. The Morgan fingerprint density at radius 2 is 1.77 bits per heavy atom. The molecule has 1 rings (SSSR count). The van der Waals surface area contributed by atoms with E-state index in [1.807, 2.05) is 0 Å². The van der Waals surface area contributed by atoms with Crippen LogP contribution in [0.3, 0.4) is 0 Å². The molecule has 1 aromatic rings. The van der Waals surface area contributed by atoms with Crippen molar-refractivity contribution in [1.82, 2.24) is 10.6 Å². The van der Waals surface area contributed by atoms with E-state index in [1.165, 1.54) is 7.11 Å². The van der Waals surface area contributed by atoms with Gasteiger partial charge in [-0.1, -0.05) is 0 Å². The Balaban J connectivity index is 0.00000441. The Hall–Kier alpha value is -2.12. The van der Waals surface area contributed by atoms with Gasteiger partial charge >= 0.3 is 5.97 Å². The molecular formula is C14H20ClN3O4. The average Bonchev–Trinajstić information content (AvgIpc) is 2.50. The van der Waals surface area contributed by atoms with Crippen molar-refractivity contribution in [2.45, 2.75) is 6.42 Å². The minimum Gasteiger partial charge on any atom is -0.468 e. The summed E-state index contributed by atoms with van der Waals surface area (Å²) in [5.74, 6) is -1.00. The highest BCUT2D eigenvalue weighted by molar-refractivity contribution is 5.97. The van der Waals surface area contributed by atoms with Gasteiger partial charge in [-0.3, -0.25) is 14.4 Å². The van der Waals surface area contributed by atoms with E-state index in [0.29, 0.717) is 24.2 Å². The fourth-order valence-corrected chi connectivity index (χ4v) is 1.49. The predicted octanol–water partition coefficient (Wildman–Crippen LogP) is 0.559. The molecule has 0 aliphatic heterocycles. The van der Waals surface area contributed by atoms with E-state index in [4.69, 9.17) is 0 Å². The van der Waals surface area contributed by atoms with E-state index < -0.39 is 5.97 Å². The number of benzene rings is 1. The van der Waals surface area contributed by atoms with E-state index >= 15 is 0 Å². The van der Waals surface area contributed by atoms with Crippen molar-refractivity contribution in [3.63, 3.8) is 0 Å². The minimum absolute atomic E-state index is 0. The Labute approximate surface area is 135 Å². The van der Waals surface area contributed by atoms with Gasteiger partial charge in [0.1, 0.15) is 6.54 Å². The summed E-state index contributed by atoms with van der Waals surface area (Å²) in [6.45, 7) is 0.414. The first-order chi connectivity index (χ1) is 10.1.